The summed E-state index contributed by atoms with van der Waals surface area (Å²) in [5, 5.41) is 0. The second kappa shape index (κ2) is 6.68. The van der Waals surface area contributed by atoms with Crippen molar-refractivity contribution in [3.8, 4) is 0 Å². The van der Waals surface area contributed by atoms with Gasteiger partial charge in [-0.3, -0.25) is 9.69 Å². The summed E-state index contributed by atoms with van der Waals surface area (Å²) < 4.78 is 13.9. The fourth-order valence-corrected chi connectivity index (χ4v) is 2.90. The van der Waals surface area contributed by atoms with Crippen LogP contribution in [0.1, 0.15) is 24.2 Å². The minimum absolute atomic E-state index is 0.0967. The molecule has 0 radical (unpaired) electrons. The molecule has 0 aliphatic carbocycles. The van der Waals surface area contributed by atoms with E-state index >= 15 is 0 Å². The largest absolute Gasteiger partial charge is 0.336 e. The van der Waals surface area contributed by atoms with Crippen molar-refractivity contribution in [1.29, 1.82) is 0 Å². The second-order valence-electron chi connectivity index (χ2n) is 5.61. The van der Waals surface area contributed by atoms with Crippen LogP contribution in [0.15, 0.2) is 22.7 Å². The Morgan fingerprint density at radius 2 is 1.95 bits per heavy atom. The predicted molar refractivity (Wildman–Crippen MR) is 81.3 cm³/mol. The Bertz CT molecular complexity index is 485. The number of nitrogens with zero attached hydrogens (tertiary/aromatic N) is 2. The molecule has 1 amide bonds. The van der Waals surface area contributed by atoms with Crippen LogP contribution >= 0.6 is 15.9 Å². The molecule has 1 fully saturated rings. The topological polar surface area (TPSA) is 23.6 Å². The maximum Gasteiger partial charge on any atom is 0.255 e. The third kappa shape index (κ3) is 3.79. The molecule has 3 nitrogen and oxygen atoms in total. The van der Waals surface area contributed by atoms with Gasteiger partial charge in [-0.05, 0) is 40.0 Å². The minimum atomic E-state index is -0.380. The molecule has 2 rings (SSSR count). The minimum Gasteiger partial charge on any atom is -0.336 e. The van der Waals surface area contributed by atoms with Crippen LogP contribution in [0.4, 0.5) is 4.39 Å². The highest BCUT2D eigenvalue weighted by Gasteiger charge is 2.23. The number of halogens is 2. The van der Waals surface area contributed by atoms with Crippen LogP contribution in [0.25, 0.3) is 0 Å². The number of carbonyl (C=O) groups excluding carboxylic acids is 1. The van der Waals surface area contributed by atoms with E-state index in [-0.39, 0.29) is 11.7 Å². The Labute approximate surface area is 127 Å². The van der Waals surface area contributed by atoms with Gasteiger partial charge in [-0.1, -0.05) is 13.8 Å². The smallest absolute Gasteiger partial charge is 0.255 e. The third-order valence-corrected chi connectivity index (χ3v) is 4.13. The lowest BCUT2D eigenvalue weighted by Crippen LogP contribution is -2.49. The van der Waals surface area contributed by atoms with Crippen LogP contribution in [-0.4, -0.2) is 48.4 Å². The molecule has 0 atom stereocenters. The van der Waals surface area contributed by atoms with Crippen LogP contribution in [-0.2, 0) is 0 Å². The quantitative estimate of drug-likeness (QED) is 0.842. The third-order valence-electron chi connectivity index (χ3n) is 3.44. The average molecular weight is 343 g/mol. The maximum atomic E-state index is 13.3. The highest BCUT2D eigenvalue weighted by Crippen LogP contribution is 2.20. The first-order valence-electron chi connectivity index (χ1n) is 6.94. The zero-order valence-electron chi connectivity index (χ0n) is 11.9. The van der Waals surface area contributed by atoms with Gasteiger partial charge in [0.2, 0.25) is 0 Å². The van der Waals surface area contributed by atoms with Gasteiger partial charge in [-0.25, -0.2) is 4.39 Å². The molecule has 1 aromatic rings. The van der Waals surface area contributed by atoms with Crippen LogP contribution < -0.4 is 0 Å². The van der Waals surface area contributed by atoms with Crippen molar-refractivity contribution >= 4 is 21.8 Å². The Hall–Kier alpha value is -0.940. The molecular weight excluding hydrogens is 323 g/mol. The van der Waals surface area contributed by atoms with E-state index in [2.05, 4.69) is 34.7 Å². The van der Waals surface area contributed by atoms with Gasteiger partial charge in [0.1, 0.15) is 5.82 Å². The molecular formula is C15H20BrFN2O. The highest BCUT2D eigenvalue weighted by molar-refractivity contribution is 9.10. The van der Waals surface area contributed by atoms with Crippen LogP contribution in [0.2, 0.25) is 0 Å². The monoisotopic (exact) mass is 342 g/mol. The number of hydrogen-bond donors (Lipinski definition) is 0. The molecule has 110 valence electrons. The first kappa shape index (κ1) is 15.4. The van der Waals surface area contributed by atoms with E-state index in [1.165, 1.54) is 12.1 Å². The number of benzene rings is 1. The lowest BCUT2D eigenvalue weighted by molar-refractivity contribution is 0.0622. The summed E-state index contributed by atoms with van der Waals surface area (Å²) in [7, 11) is 0. The number of carbonyl (C=O) groups is 1. The SMILES string of the molecule is CC(C)CN1CCN(C(=O)c2cc(F)ccc2Br)CC1. The summed E-state index contributed by atoms with van der Waals surface area (Å²) in [5.41, 5.74) is 0.405. The van der Waals surface area contributed by atoms with Crippen LogP contribution in [0, 0.1) is 11.7 Å². The first-order valence-corrected chi connectivity index (χ1v) is 7.73. The Kier molecular flexibility index (Phi) is 5.16. The molecule has 0 N–H and O–H groups in total. The first-order chi connectivity index (χ1) is 9.47. The summed E-state index contributed by atoms with van der Waals surface area (Å²) >= 11 is 3.32. The summed E-state index contributed by atoms with van der Waals surface area (Å²) in [6.45, 7) is 8.63. The van der Waals surface area contributed by atoms with Crippen molar-refractivity contribution in [1.82, 2.24) is 9.80 Å². The van der Waals surface area contributed by atoms with Gasteiger partial charge in [0, 0.05) is 37.2 Å². The Balaban J connectivity index is 2.00. The van der Waals surface area contributed by atoms with E-state index in [0.29, 0.717) is 29.0 Å². The normalized spacial score (nSPS) is 16.8. The molecule has 1 saturated heterocycles. The number of piperazine rings is 1. The lowest BCUT2D eigenvalue weighted by Gasteiger charge is -2.35. The fraction of sp³-hybridized carbons (Fsp3) is 0.533. The average Bonchev–Trinajstić information content (AvgIpc) is 2.41. The van der Waals surface area contributed by atoms with E-state index in [9.17, 15) is 9.18 Å². The highest BCUT2D eigenvalue weighted by atomic mass is 79.9. The van der Waals surface area contributed by atoms with Crippen LogP contribution in [0.5, 0.6) is 0 Å². The van der Waals surface area contributed by atoms with E-state index in [1.807, 2.05) is 0 Å². The van der Waals surface area contributed by atoms with Gasteiger partial charge in [-0.2, -0.15) is 0 Å². The summed E-state index contributed by atoms with van der Waals surface area (Å²) in [6.07, 6.45) is 0. The molecule has 1 heterocycles. The molecule has 0 saturated carbocycles. The fourth-order valence-electron chi connectivity index (χ4n) is 2.48. The van der Waals surface area contributed by atoms with Gasteiger partial charge in [0.05, 0.1) is 5.56 Å². The van der Waals surface area contributed by atoms with E-state index in [0.717, 1.165) is 19.6 Å². The maximum absolute atomic E-state index is 13.3. The molecule has 0 unspecified atom stereocenters. The number of rotatable bonds is 3. The lowest BCUT2D eigenvalue weighted by atomic mass is 10.1. The van der Waals surface area contributed by atoms with Gasteiger partial charge in [0.25, 0.3) is 5.91 Å². The molecule has 0 bridgehead atoms. The van der Waals surface area contributed by atoms with Crippen molar-refractivity contribution in [2.45, 2.75) is 13.8 Å². The molecule has 1 aliphatic rings. The molecule has 20 heavy (non-hydrogen) atoms. The zero-order valence-corrected chi connectivity index (χ0v) is 13.5. The Morgan fingerprint density at radius 3 is 2.55 bits per heavy atom. The van der Waals surface area contributed by atoms with Gasteiger partial charge in [0.15, 0.2) is 0 Å². The summed E-state index contributed by atoms with van der Waals surface area (Å²) in [5.74, 6) is 0.158. The number of hydrogen-bond acceptors (Lipinski definition) is 2. The molecule has 1 aliphatic heterocycles. The predicted octanol–water partition coefficient (Wildman–Crippen LogP) is 3.00. The van der Waals surface area contributed by atoms with Gasteiger partial charge in [-0.15, -0.1) is 0 Å². The van der Waals surface area contributed by atoms with Gasteiger partial charge < -0.3 is 4.90 Å². The van der Waals surface area contributed by atoms with Crippen molar-refractivity contribution in [2.75, 3.05) is 32.7 Å². The van der Waals surface area contributed by atoms with Gasteiger partial charge >= 0.3 is 0 Å². The summed E-state index contributed by atoms with van der Waals surface area (Å²) in [4.78, 5) is 16.6. The van der Waals surface area contributed by atoms with Crippen molar-refractivity contribution in [3.05, 3.63) is 34.1 Å². The molecule has 0 spiro atoms. The zero-order chi connectivity index (χ0) is 14.7. The van der Waals surface area contributed by atoms with Crippen molar-refractivity contribution in [3.63, 3.8) is 0 Å². The summed E-state index contributed by atoms with van der Waals surface area (Å²) in [6, 6.07) is 4.23. The van der Waals surface area contributed by atoms with E-state index in [4.69, 9.17) is 0 Å². The molecule has 5 heteroatoms. The standard InChI is InChI=1S/C15H20BrFN2O/c1-11(2)10-18-5-7-19(8-6-18)15(20)13-9-12(17)3-4-14(13)16/h3-4,9,11H,5-8,10H2,1-2H3. The van der Waals surface area contributed by atoms with Crippen molar-refractivity contribution < 1.29 is 9.18 Å². The van der Waals surface area contributed by atoms with E-state index in [1.54, 1.807) is 11.0 Å². The molecule has 0 aromatic heterocycles. The second-order valence-corrected chi connectivity index (χ2v) is 6.47. The van der Waals surface area contributed by atoms with Crippen LogP contribution in [0.3, 0.4) is 0 Å². The van der Waals surface area contributed by atoms with E-state index < -0.39 is 0 Å². The van der Waals surface area contributed by atoms with Crippen molar-refractivity contribution in [2.24, 2.45) is 5.92 Å². The number of amides is 1. The molecule has 1 aromatic carbocycles. The Morgan fingerprint density at radius 1 is 1.30 bits per heavy atom.